The Hall–Kier alpha value is -1.13. The highest BCUT2D eigenvalue weighted by Crippen LogP contribution is 2.10. The molecule has 16 heavy (non-hydrogen) atoms. The van der Waals surface area contributed by atoms with Crippen molar-refractivity contribution < 1.29 is 9.47 Å². The van der Waals surface area contributed by atoms with E-state index in [-0.39, 0.29) is 0 Å². The second kappa shape index (κ2) is 7.19. The average molecular weight is 224 g/mol. The molecular formula is C12H20N2O2. The number of nitrogens with zero attached hydrogens (tertiary/aromatic N) is 1. The molecule has 1 heterocycles. The molecule has 90 valence electrons. The van der Waals surface area contributed by atoms with Gasteiger partial charge in [-0.2, -0.15) is 0 Å². The van der Waals surface area contributed by atoms with Crippen molar-refractivity contribution in [2.24, 2.45) is 0 Å². The molecule has 1 aromatic heterocycles. The summed E-state index contributed by atoms with van der Waals surface area (Å²) >= 11 is 0. The van der Waals surface area contributed by atoms with Crippen LogP contribution in [0.2, 0.25) is 0 Å². The number of anilines is 1. The van der Waals surface area contributed by atoms with Crippen LogP contribution in [0.1, 0.15) is 17.5 Å². The predicted octanol–water partition coefficient (Wildman–Crippen LogP) is 1.57. The van der Waals surface area contributed by atoms with Crippen LogP contribution in [0.5, 0.6) is 0 Å². The number of aromatic nitrogens is 1. The fourth-order valence-corrected chi connectivity index (χ4v) is 1.43. The van der Waals surface area contributed by atoms with Gasteiger partial charge in [0, 0.05) is 26.5 Å². The van der Waals surface area contributed by atoms with Crippen LogP contribution in [0.15, 0.2) is 12.3 Å². The van der Waals surface area contributed by atoms with E-state index < -0.39 is 0 Å². The Morgan fingerprint density at radius 1 is 1.31 bits per heavy atom. The van der Waals surface area contributed by atoms with Gasteiger partial charge in [0.2, 0.25) is 0 Å². The summed E-state index contributed by atoms with van der Waals surface area (Å²) < 4.78 is 10.4. The fourth-order valence-electron chi connectivity index (χ4n) is 1.43. The first kappa shape index (κ1) is 12.9. The summed E-state index contributed by atoms with van der Waals surface area (Å²) in [5, 5.41) is 0. The zero-order valence-corrected chi connectivity index (χ0v) is 10.0. The van der Waals surface area contributed by atoms with Crippen LogP contribution in [-0.2, 0) is 15.9 Å². The van der Waals surface area contributed by atoms with Crippen LogP contribution in [-0.4, -0.2) is 31.9 Å². The third-order valence-electron chi connectivity index (χ3n) is 2.29. The molecule has 0 atom stereocenters. The monoisotopic (exact) mass is 224 g/mol. The normalized spacial score (nSPS) is 10.6. The quantitative estimate of drug-likeness (QED) is 0.714. The van der Waals surface area contributed by atoms with Crippen LogP contribution < -0.4 is 5.73 Å². The van der Waals surface area contributed by atoms with Gasteiger partial charge in [-0.3, -0.25) is 0 Å². The zero-order valence-electron chi connectivity index (χ0n) is 10.0. The lowest BCUT2D eigenvalue weighted by Gasteiger charge is -2.06. The van der Waals surface area contributed by atoms with Gasteiger partial charge in [-0.1, -0.05) is 6.07 Å². The Morgan fingerprint density at radius 2 is 2.12 bits per heavy atom. The van der Waals surface area contributed by atoms with Crippen molar-refractivity contribution in [3.63, 3.8) is 0 Å². The summed E-state index contributed by atoms with van der Waals surface area (Å²) in [6.45, 7) is 4.16. The van der Waals surface area contributed by atoms with E-state index in [0.717, 1.165) is 37.2 Å². The zero-order chi connectivity index (χ0) is 11.8. The minimum Gasteiger partial charge on any atom is -0.385 e. The highest BCUT2D eigenvalue weighted by atomic mass is 16.5. The molecule has 0 saturated heterocycles. The summed E-state index contributed by atoms with van der Waals surface area (Å²) in [6.07, 6.45) is 3.52. The number of rotatable bonds is 7. The molecular weight excluding hydrogens is 204 g/mol. The van der Waals surface area contributed by atoms with Crippen LogP contribution in [0, 0.1) is 6.92 Å². The summed E-state index contributed by atoms with van der Waals surface area (Å²) in [4.78, 5) is 4.11. The maximum Gasteiger partial charge on any atom is 0.126 e. The standard InChI is InChI=1S/C12H20N2O2/c1-10-8-11(12(13)14-9-10)4-7-16-6-3-5-15-2/h8-9H,3-7H2,1-2H3,(H2,13,14). The Kier molecular flexibility index (Phi) is 5.82. The first-order valence-corrected chi connectivity index (χ1v) is 5.51. The van der Waals surface area contributed by atoms with Crippen LogP contribution in [0.3, 0.4) is 0 Å². The van der Waals surface area contributed by atoms with E-state index in [0.29, 0.717) is 12.4 Å². The third-order valence-corrected chi connectivity index (χ3v) is 2.29. The lowest BCUT2D eigenvalue weighted by atomic mass is 10.1. The van der Waals surface area contributed by atoms with E-state index >= 15 is 0 Å². The Morgan fingerprint density at radius 3 is 2.88 bits per heavy atom. The van der Waals surface area contributed by atoms with E-state index in [1.54, 1.807) is 13.3 Å². The summed E-state index contributed by atoms with van der Waals surface area (Å²) in [5.74, 6) is 0.603. The van der Waals surface area contributed by atoms with Crippen molar-refractivity contribution in [3.05, 3.63) is 23.4 Å². The molecule has 2 N–H and O–H groups in total. The lowest BCUT2D eigenvalue weighted by molar-refractivity contribution is 0.105. The van der Waals surface area contributed by atoms with Gasteiger partial charge in [0.15, 0.2) is 0 Å². The average Bonchev–Trinajstić information content (AvgIpc) is 2.28. The second-order valence-corrected chi connectivity index (χ2v) is 3.77. The molecule has 0 aliphatic carbocycles. The van der Waals surface area contributed by atoms with E-state index in [2.05, 4.69) is 11.1 Å². The molecule has 0 aliphatic rings. The summed E-state index contributed by atoms with van der Waals surface area (Å²) in [5.41, 5.74) is 7.96. The molecule has 0 aliphatic heterocycles. The minimum absolute atomic E-state index is 0.603. The number of hydrogen-bond donors (Lipinski definition) is 1. The van der Waals surface area contributed by atoms with Gasteiger partial charge >= 0.3 is 0 Å². The topological polar surface area (TPSA) is 57.4 Å². The lowest BCUT2D eigenvalue weighted by Crippen LogP contribution is -2.05. The Bertz CT molecular complexity index is 316. The van der Waals surface area contributed by atoms with Crippen LogP contribution in [0.25, 0.3) is 0 Å². The van der Waals surface area contributed by atoms with Gasteiger partial charge in [-0.15, -0.1) is 0 Å². The number of hydrogen-bond acceptors (Lipinski definition) is 4. The minimum atomic E-state index is 0.603. The summed E-state index contributed by atoms with van der Waals surface area (Å²) in [6, 6.07) is 2.06. The van der Waals surface area contributed by atoms with E-state index in [1.165, 1.54) is 0 Å². The van der Waals surface area contributed by atoms with Gasteiger partial charge < -0.3 is 15.2 Å². The number of aryl methyl sites for hydroxylation is 1. The first-order chi connectivity index (χ1) is 7.74. The highest BCUT2D eigenvalue weighted by Gasteiger charge is 2.00. The molecule has 1 rings (SSSR count). The summed E-state index contributed by atoms with van der Waals surface area (Å²) in [7, 11) is 1.69. The van der Waals surface area contributed by atoms with Crippen molar-refractivity contribution in [2.75, 3.05) is 32.7 Å². The smallest absolute Gasteiger partial charge is 0.126 e. The molecule has 4 heteroatoms. The van der Waals surface area contributed by atoms with Gasteiger partial charge in [0.05, 0.1) is 6.61 Å². The molecule has 0 amide bonds. The maximum absolute atomic E-state index is 5.77. The van der Waals surface area contributed by atoms with E-state index in [4.69, 9.17) is 15.2 Å². The number of nitrogens with two attached hydrogens (primary N) is 1. The molecule has 1 aromatic rings. The van der Waals surface area contributed by atoms with Crippen molar-refractivity contribution in [2.45, 2.75) is 19.8 Å². The maximum atomic E-state index is 5.77. The predicted molar refractivity (Wildman–Crippen MR) is 64.4 cm³/mol. The number of methoxy groups -OCH3 is 1. The number of ether oxygens (including phenoxy) is 2. The van der Waals surface area contributed by atoms with E-state index in [9.17, 15) is 0 Å². The van der Waals surface area contributed by atoms with Crippen molar-refractivity contribution in [1.82, 2.24) is 4.98 Å². The molecule has 0 fully saturated rings. The fraction of sp³-hybridized carbons (Fsp3) is 0.583. The van der Waals surface area contributed by atoms with E-state index in [1.807, 2.05) is 6.92 Å². The molecule has 0 bridgehead atoms. The van der Waals surface area contributed by atoms with Gasteiger partial charge in [0.25, 0.3) is 0 Å². The van der Waals surface area contributed by atoms with Gasteiger partial charge in [-0.25, -0.2) is 4.98 Å². The molecule has 4 nitrogen and oxygen atoms in total. The van der Waals surface area contributed by atoms with Crippen molar-refractivity contribution >= 4 is 5.82 Å². The third kappa shape index (κ3) is 4.59. The highest BCUT2D eigenvalue weighted by molar-refractivity contribution is 5.40. The molecule has 0 unspecified atom stereocenters. The Balaban J connectivity index is 2.23. The molecule has 0 aromatic carbocycles. The molecule has 0 spiro atoms. The van der Waals surface area contributed by atoms with Crippen LogP contribution in [0.4, 0.5) is 5.82 Å². The van der Waals surface area contributed by atoms with Gasteiger partial charge in [-0.05, 0) is 30.9 Å². The largest absolute Gasteiger partial charge is 0.385 e. The van der Waals surface area contributed by atoms with Crippen molar-refractivity contribution in [3.8, 4) is 0 Å². The van der Waals surface area contributed by atoms with Gasteiger partial charge in [0.1, 0.15) is 5.82 Å². The number of nitrogen functional groups attached to an aromatic ring is 1. The molecule has 0 radical (unpaired) electrons. The Labute approximate surface area is 96.8 Å². The first-order valence-electron chi connectivity index (χ1n) is 5.51. The second-order valence-electron chi connectivity index (χ2n) is 3.77. The molecule has 0 saturated carbocycles. The number of pyridine rings is 1. The van der Waals surface area contributed by atoms with Crippen LogP contribution >= 0.6 is 0 Å². The van der Waals surface area contributed by atoms with Crippen molar-refractivity contribution in [1.29, 1.82) is 0 Å². The SMILES string of the molecule is COCCCOCCc1cc(C)cnc1N.